The van der Waals surface area contributed by atoms with Gasteiger partial charge in [0.25, 0.3) is 0 Å². The van der Waals surface area contributed by atoms with E-state index in [0.717, 1.165) is 33.9 Å². The number of benzene rings is 7. The molecule has 0 atom stereocenters. The Morgan fingerprint density at radius 3 is 2.02 bits per heavy atom. The fraction of sp³-hybridized carbons (Fsp3) is 0.0566. The molecule has 1 heterocycles. The Hall–Kier alpha value is -7.08. The van der Waals surface area contributed by atoms with Crippen molar-refractivity contribution in [3.05, 3.63) is 211 Å². The van der Waals surface area contributed by atoms with Crippen molar-refractivity contribution < 1.29 is 0 Å². The monoisotopic (exact) mass is 704 g/mol. The second-order valence-corrected chi connectivity index (χ2v) is 14.6. The first kappa shape index (κ1) is 33.7. The molecule has 262 valence electrons. The fourth-order valence-electron chi connectivity index (χ4n) is 8.41. The van der Waals surface area contributed by atoms with E-state index in [-0.39, 0.29) is 5.41 Å². The van der Waals surface area contributed by atoms with Gasteiger partial charge in [-0.1, -0.05) is 136 Å². The molecular weight excluding hydrogens is 665 g/mol. The van der Waals surface area contributed by atoms with Crippen LogP contribution in [0, 0.1) is 12.3 Å². The summed E-state index contributed by atoms with van der Waals surface area (Å²) in [6.45, 7) is 8.58. The summed E-state index contributed by atoms with van der Waals surface area (Å²) >= 11 is 0. The highest BCUT2D eigenvalue weighted by Gasteiger charge is 2.35. The lowest BCUT2D eigenvalue weighted by Crippen LogP contribution is -2.16. The number of aromatic nitrogens is 1. The third-order valence-electron chi connectivity index (χ3n) is 11.1. The number of anilines is 3. The smallest absolute Gasteiger partial charge is 0.0541 e. The van der Waals surface area contributed by atoms with Gasteiger partial charge in [0.15, 0.2) is 0 Å². The second-order valence-electron chi connectivity index (χ2n) is 14.6. The first-order valence-corrected chi connectivity index (χ1v) is 18.8. The average Bonchev–Trinajstić information content (AvgIpc) is 3.68. The summed E-state index contributed by atoms with van der Waals surface area (Å²) in [7, 11) is 0. The molecule has 0 saturated heterocycles. The predicted molar refractivity (Wildman–Crippen MR) is 235 cm³/mol. The number of hydrogen-bond acceptors (Lipinski definition) is 1. The number of fused-ring (bicyclic) bond motifs is 6. The minimum Gasteiger partial charge on any atom is -0.310 e. The molecule has 8 aromatic rings. The van der Waals surface area contributed by atoms with Crippen LogP contribution < -0.4 is 4.90 Å². The number of terminal acetylenes is 1. The molecule has 0 spiro atoms. The standard InChI is InChI=1S/C53H40N2/c1-5-7-16-37(15-6-2)38-23-28-42(29-24-38)54(44-32-33-46-45-19-11-13-21-49(45)53(3,4)50(46)36-44)43-30-25-39(26-31-43)40-27-34-52-48(35-40)47-20-12-14-22-51(47)55(52)41-17-9-8-10-18-41/h1,6-36H,2H2,3-4H3/b16-7-,37-15+. The minimum atomic E-state index is -0.114. The van der Waals surface area contributed by atoms with Gasteiger partial charge in [0, 0.05) is 38.9 Å². The summed E-state index contributed by atoms with van der Waals surface area (Å²) in [5.41, 5.74) is 16.5. The van der Waals surface area contributed by atoms with Gasteiger partial charge in [-0.3, -0.25) is 0 Å². The molecule has 7 aromatic carbocycles. The molecule has 2 nitrogen and oxygen atoms in total. The van der Waals surface area contributed by atoms with E-state index in [1.54, 1.807) is 12.2 Å². The second kappa shape index (κ2) is 13.7. The largest absolute Gasteiger partial charge is 0.310 e. The summed E-state index contributed by atoms with van der Waals surface area (Å²) < 4.78 is 2.36. The maximum Gasteiger partial charge on any atom is 0.0541 e. The third-order valence-corrected chi connectivity index (χ3v) is 11.1. The van der Waals surface area contributed by atoms with E-state index in [9.17, 15) is 0 Å². The Kier molecular flexibility index (Phi) is 8.42. The molecule has 1 aromatic heterocycles. The van der Waals surface area contributed by atoms with Gasteiger partial charge in [0.1, 0.15) is 0 Å². The van der Waals surface area contributed by atoms with E-state index in [1.165, 1.54) is 55.2 Å². The number of allylic oxidation sites excluding steroid dienone is 5. The highest BCUT2D eigenvalue weighted by Crippen LogP contribution is 2.50. The lowest BCUT2D eigenvalue weighted by molar-refractivity contribution is 0.660. The van der Waals surface area contributed by atoms with E-state index >= 15 is 0 Å². The van der Waals surface area contributed by atoms with E-state index < -0.39 is 0 Å². The third kappa shape index (κ3) is 5.79. The van der Waals surface area contributed by atoms with Crippen molar-refractivity contribution in [2.75, 3.05) is 4.90 Å². The van der Waals surface area contributed by atoms with Crippen LogP contribution in [0.4, 0.5) is 17.1 Å². The van der Waals surface area contributed by atoms with Gasteiger partial charge in [0.2, 0.25) is 0 Å². The van der Waals surface area contributed by atoms with E-state index in [4.69, 9.17) is 6.42 Å². The molecule has 0 aliphatic heterocycles. The van der Waals surface area contributed by atoms with Crippen LogP contribution in [0.2, 0.25) is 0 Å². The molecule has 0 radical (unpaired) electrons. The van der Waals surface area contributed by atoms with Crippen molar-refractivity contribution in [1.82, 2.24) is 4.57 Å². The van der Waals surface area contributed by atoms with E-state index in [0.29, 0.717) is 0 Å². The van der Waals surface area contributed by atoms with Crippen LogP contribution in [-0.2, 0) is 5.41 Å². The SMILES string of the molecule is C#C/C=C\C(=C/C=C)c1ccc(N(c2ccc(-c3ccc4c(c3)c3ccccc3n4-c3ccccc3)cc2)c2ccc3c(c2)C(C)(C)c2ccccc2-3)cc1. The molecule has 0 amide bonds. The van der Waals surface area contributed by atoms with Crippen LogP contribution in [0.3, 0.4) is 0 Å². The Bertz CT molecular complexity index is 2840. The fourth-order valence-corrected chi connectivity index (χ4v) is 8.41. The zero-order valence-electron chi connectivity index (χ0n) is 31.1. The van der Waals surface area contributed by atoms with Crippen molar-refractivity contribution in [2.45, 2.75) is 19.3 Å². The molecule has 0 saturated carbocycles. The first-order chi connectivity index (χ1) is 27.0. The van der Waals surface area contributed by atoms with Gasteiger partial charge in [-0.2, -0.15) is 0 Å². The number of para-hydroxylation sites is 2. The molecule has 0 N–H and O–H groups in total. The van der Waals surface area contributed by atoms with Gasteiger partial charge in [-0.25, -0.2) is 0 Å². The summed E-state index contributed by atoms with van der Waals surface area (Å²) in [6.07, 6.45) is 13.0. The molecular formula is C53H40N2. The van der Waals surface area contributed by atoms with Crippen molar-refractivity contribution in [1.29, 1.82) is 0 Å². The topological polar surface area (TPSA) is 8.17 Å². The molecule has 2 heteroatoms. The van der Waals surface area contributed by atoms with Gasteiger partial charge in [-0.15, -0.1) is 6.42 Å². The minimum absolute atomic E-state index is 0.114. The summed E-state index contributed by atoms with van der Waals surface area (Å²) in [4.78, 5) is 2.36. The highest BCUT2D eigenvalue weighted by atomic mass is 15.1. The first-order valence-electron chi connectivity index (χ1n) is 18.8. The zero-order valence-corrected chi connectivity index (χ0v) is 31.1. The lowest BCUT2D eigenvalue weighted by Gasteiger charge is -2.28. The zero-order chi connectivity index (χ0) is 37.5. The van der Waals surface area contributed by atoms with Crippen LogP contribution >= 0.6 is 0 Å². The molecule has 0 bridgehead atoms. The summed E-state index contributed by atoms with van der Waals surface area (Å²) in [5.74, 6) is 2.61. The van der Waals surface area contributed by atoms with Crippen LogP contribution in [0.1, 0.15) is 30.5 Å². The van der Waals surface area contributed by atoms with Crippen molar-refractivity contribution in [3.8, 4) is 40.3 Å². The summed E-state index contributed by atoms with van der Waals surface area (Å²) in [6, 6.07) is 59.5. The lowest BCUT2D eigenvalue weighted by atomic mass is 9.82. The summed E-state index contributed by atoms with van der Waals surface area (Å²) in [5, 5.41) is 2.49. The van der Waals surface area contributed by atoms with Gasteiger partial charge in [0.05, 0.1) is 11.0 Å². The maximum absolute atomic E-state index is 5.55. The van der Waals surface area contributed by atoms with Gasteiger partial charge < -0.3 is 9.47 Å². The van der Waals surface area contributed by atoms with Crippen LogP contribution in [0.25, 0.3) is 55.3 Å². The Balaban J connectivity index is 1.14. The van der Waals surface area contributed by atoms with E-state index in [2.05, 4.69) is 200 Å². The number of hydrogen-bond donors (Lipinski definition) is 0. The van der Waals surface area contributed by atoms with Crippen molar-refractivity contribution >= 4 is 44.4 Å². The van der Waals surface area contributed by atoms with Crippen LogP contribution in [-0.4, -0.2) is 4.57 Å². The number of nitrogens with zero attached hydrogens (tertiary/aromatic N) is 2. The predicted octanol–water partition coefficient (Wildman–Crippen LogP) is 14.0. The molecule has 1 aliphatic carbocycles. The molecule has 1 aliphatic rings. The number of rotatable bonds is 8. The Morgan fingerprint density at radius 2 is 1.25 bits per heavy atom. The molecule has 55 heavy (non-hydrogen) atoms. The molecule has 0 unspecified atom stereocenters. The molecule has 9 rings (SSSR count). The Labute approximate surface area is 323 Å². The van der Waals surface area contributed by atoms with Gasteiger partial charge >= 0.3 is 0 Å². The average molecular weight is 705 g/mol. The van der Waals surface area contributed by atoms with Crippen LogP contribution in [0.15, 0.2) is 195 Å². The normalized spacial score (nSPS) is 13.1. The van der Waals surface area contributed by atoms with Crippen molar-refractivity contribution in [2.24, 2.45) is 0 Å². The Morgan fingerprint density at radius 1 is 0.618 bits per heavy atom. The van der Waals surface area contributed by atoms with E-state index in [1.807, 2.05) is 12.2 Å². The van der Waals surface area contributed by atoms with Crippen LogP contribution in [0.5, 0.6) is 0 Å². The van der Waals surface area contributed by atoms with Crippen molar-refractivity contribution in [3.63, 3.8) is 0 Å². The maximum atomic E-state index is 5.55. The quantitative estimate of drug-likeness (QED) is 0.113. The molecule has 0 fully saturated rings. The van der Waals surface area contributed by atoms with Gasteiger partial charge in [-0.05, 0) is 123 Å². The highest BCUT2D eigenvalue weighted by molar-refractivity contribution is 6.10.